The van der Waals surface area contributed by atoms with E-state index in [1.165, 1.54) is 11.9 Å². The van der Waals surface area contributed by atoms with Crippen LogP contribution in [0, 0.1) is 11.3 Å². The number of anilines is 1. The van der Waals surface area contributed by atoms with Crippen molar-refractivity contribution in [3.63, 3.8) is 0 Å². The van der Waals surface area contributed by atoms with Crippen molar-refractivity contribution in [2.45, 2.75) is 43.9 Å². The molecular weight excluding hydrogens is 380 g/mol. The summed E-state index contributed by atoms with van der Waals surface area (Å²) in [6.45, 7) is 0. The van der Waals surface area contributed by atoms with E-state index in [4.69, 9.17) is 5.73 Å². The molecule has 0 aliphatic heterocycles. The van der Waals surface area contributed by atoms with E-state index in [1.54, 1.807) is 6.20 Å². The predicted molar refractivity (Wildman–Crippen MR) is 112 cm³/mol. The second kappa shape index (κ2) is 6.26. The van der Waals surface area contributed by atoms with Gasteiger partial charge in [-0.3, -0.25) is 0 Å². The number of pyridine rings is 1. The molecule has 4 aromatic rings. The molecule has 0 amide bonds. The number of aromatic nitrogens is 5. The van der Waals surface area contributed by atoms with Crippen LogP contribution in [-0.2, 0) is 6.42 Å². The predicted octanol–water partition coefficient (Wildman–Crippen LogP) is 1.97. The molecule has 2 aliphatic carbocycles. The zero-order chi connectivity index (χ0) is 20.5. The van der Waals surface area contributed by atoms with Gasteiger partial charge in [-0.25, -0.2) is 15.0 Å². The van der Waals surface area contributed by atoms with E-state index in [0.29, 0.717) is 17.4 Å². The highest BCUT2D eigenvalue weighted by Gasteiger charge is 2.59. The monoisotopic (exact) mass is 404 g/mol. The average Bonchev–Trinajstić information content (AvgIpc) is 3.41. The Bertz CT molecular complexity index is 1240. The molecule has 2 saturated carbocycles. The van der Waals surface area contributed by atoms with Crippen LogP contribution in [0.25, 0.3) is 16.7 Å². The quantitative estimate of drug-likeness (QED) is 0.481. The van der Waals surface area contributed by atoms with Gasteiger partial charge in [0.15, 0.2) is 0 Å². The highest BCUT2D eigenvalue weighted by molar-refractivity contribution is 5.86. The van der Waals surface area contributed by atoms with Gasteiger partial charge in [-0.05, 0) is 55.4 Å². The summed E-state index contributed by atoms with van der Waals surface area (Å²) in [4.78, 5) is 12.8. The third-order valence-corrected chi connectivity index (χ3v) is 7.24. The minimum Gasteiger partial charge on any atom is -0.390 e. The van der Waals surface area contributed by atoms with Gasteiger partial charge >= 0.3 is 0 Å². The summed E-state index contributed by atoms with van der Waals surface area (Å²) in [5, 5.41) is 22.6. The smallest absolute Gasteiger partial charge is 0.145 e. The zero-order valence-electron chi connectivity index (χ0n) is 16.5. The van der Waals surface area contributed by atoms with Crippen molar-refractivity contribution in [3.8, 4) is 0 Å². The SMILES string of the molecule is Nc1ncnc2c1ccn2[C@@H]1C[C@]2(C[C@H](Cc3ccn4ccnc4c3)C2)[C@@H](O)[C@H]1O. The number of rotatable bonds is 3. The Morgan fingerprint density at radius 2 is 1.93 bits per heavy atom. The molecular formula is C22H24N6O2. The highest BCUT2D eigenvalue weighted by atomic mass is 16.3. The number of nitrogen functional groups attached to an aromatic ring is 1. The maximum atomic E-state index is 10.9. The number of nitrogens with two attached hydrogens (primary N) is 1. The Balaban J connectivity index is 1.21. The lowest BCUT2D eigenvalue weighted by Gasteiger charge is -2.48. The molecule has 4 aromatic heterocycles. The van der Waals surface area contributed by atoms with Gasteiger partial charge in [0.05, 0.1) is 17.5 Å². The van der Waals surface area contributed by atoms with E-state index in [0.717, 1.165) is 36.7 Å². The van der Waals surface area contributed by atoms with Gasteiger partial charge in [-0.15, -0.1) is 0 Å². The molecule has 4 N–H and O–H groups in total. The van der Waals surface area contributed by atoms with Gasteiger partial charge in [0, 0.05) is 30.2 Å². The van der Waals surface area contributed by atoms with Crippen LogP contribution < -0.4 is 5.73 Å². The van der Waals surface area contributed by atoms with Gasteiger partial charge in [0.25, 0.3) is 0 Å². The first kappa shape index (κ1) is 17.9. The summed E-state index contributed by atoms with van der Waals surface area (Å²) < 4.78 is 3.96. The molecule has 6 rings (SSSR count). The van der Waals surface area contributed by atoms with Crippen LogP contribution in [0.3, 0.4) is 0 Å². The van der Waals surface area contributed by atoms with Crippen molar-refractivity contribution >= 4 is 22.5 Å². The molecule has 4 heterocycles. The maximum absolute atomic E-state index is 10.9. The summed E-state index contributed by atoms with van der Waals surface area (Å²) in [6.07, 6.45) is 11.1. The Kier molecular flexibility index (Phi) is 3.73. The van der Waals surface area contributed by atoms with Crippen LogP contribution >= 0.6 is 0 Å². The van der Waals surface area contributed by atoms with Crippen molar-refractivity contribution in [3.05, 3.63) is 54.9 Å². The third-order valence-electron chi connectivity index (χ3n) is 7.24. The molecule has 0 radical (unpaired) electrons. The second-order valence-corrected chi connectivity index (χ2v) is 8.99. The van der Waals surface area contributed by atoms with Crippen molar-refractivity contribution < 1.29 is 10.2 Å². The highest BCUT2D eigenvalue weighted by Crippen LogP contribution is 2.60. The van der Waals surface area contributed by atoms with E-state index < -0.39 is 12.2 Å². The summed E-state index contributed by atoms with van der Waals surface area (Å²) in [5.74, 6) is 0.932. The molecule has 0 saturated heterocycles. The standard InChI is InChI=1S/C22H24N6O2/c23-20-15-2-5-28(21(15)26-12-25-20)16-11-22(19(30)18(16)29)9-14(10-22)7-13-1-4-27-6-3-24-17(27)8-13/h1-6,8,12,14,16,18-19,29-30H,7,9-11H2,(H2,23,25,26)/t14-,16-,18+,19+,22+/m1/s1. The number of nitrogens with zero attached hydrogens (tertiary/aromatic N) is 5. The molecule has 0 aromatic carbocycles. The number of hydrogen-bond donors (Lipinski definition) is 3. The molecule has 2 fully saturated rings. The third kappa shape index (κ3) is 2.50. The van der Waals surface area contributed by atoms with Gasteiger partial charge in [-0.2, -0.15) is 0 Å². The first-order chi connectivity index (χ1) is 14.5. The molecule has 154 valence electrons. The van der Waals surface area contributed by atoms with Crippen molar-refractivity contribution in [1.29, 1.82) is 0 Å². The molecule has 1 spiro atoms. The number of imidazole rings is 1. The van der Waals surface area contributed by atoms with Crippen LogP contribution in [0.2, 0.25) is 0 Å². The Labute approximate surface area is 173 Å². The maximum Gasteiger partial charge on any atom is 0.145 e. The fraction of sp³-hybridized carbons (Fsp3) is 0.409. The van der Waals surface area contributed by atoms with Gasteiger partial charge in [0.1, 0.15) is 29.5 Å². The van der Waals surface area contributed by atoms with Crippen LogP contribution in [0.4, 0.5) is 5.82 Å². The van der Waals surface area contributed by atoms with Crippen LogP contribution in [0.5, 0.6) is 0 Å². The fourth-order valence-electron chi connectivity index (χ4n) is 5.81. The van der Waals surface area contributed by atoms with E-state index in [2.05, 4.69) is 27.1 Å². The topological polar surface area (TPSA) is 114 Å². The molecule has 2 aliphatic rings. The first-order valence-electron chi connectivity index (χ1n) is 10.4. The van der Waals surface area contributed by atoms with Gasteiger partial charge in [0.2, 0.25) is 0 Å². The van der Waals surface area contributed by atoms with Crippen LogP contribution in [0.1, 0.15) is 30.9 Å². The normalized spacial score (nSPS) is 31.0. The zero-order valence-corrected chi connectivity index (χ0v) is 16.5. The molecule has 8 nitrogen and oxygen atoms in total. The van der Waals surface area contributed by atoms with E-state index in [9.17, 15) is 10.2 Å². The van der Waals surface area contributed by atoms with Gasteiger partial charge < -0.3 is 24.9 Å². The minimum atomic E-state index is -0.820. The fourth-order valence-corrected chi connectivity index (χ4v) is 5.81. The number of aliphatic hydroxyl groups excluding tert-OH is 2. The van der Waals surface area contributed by atoms with Crippen LogP contribution in [0.15, 0.2) is 49.3 Å². The Hall–Kier alpha value is -2.97. The molecule has 8 heteroatoms. The van der Waals surface area contributed by atoms with E-state index in [1.807, 2.05) is 33.6 Å². The van der Waals surface area contributed by atoms with Crippen molar-refractivity contribution in [2.75, 3.05) is 5.73 Å². The average molecular weight is 404 g/mol. The summed E-state index contributed by atoms with van der Waals surface area (Å²) in [6, 6.07) is 5.93. The first-order valence-corrected chi connectivity index (χ1v) is 10.4. The lowest BCUT2D eigenvalue weighted by atomic mass is 9.58. The second-order valence-electron chi connectivity index (χ2n) is 8.99. The lowest BCUT2D eigenvalue weighted by molar-refractivity contribution is -0.0841. The molecule has 0 bridgehead atoms. The Morgan fingerprint density at radius 3 is 2.80 bits per heavy atom. The molecule has 0 unspecified atom stereocenters. The molecule has 30 heavy (non-hydrogen) atoms. The number of aliphatic hydroxyl groups is 2. The Morgan fingerprint density at radius 1 is 1.07 bits per heavy atom. The van der Waals surface area contributed by atoms with E-state index in [-0.39, 0.29) is 11.5 Å². The summed E-state index contributed by atoms with van der Waals surface area (Å²) in [5.41, 5.74) is 8.65. The number of hydrogen-bond acceptors (Lipinski definition) is 6. The minimum absolute atomic E-state index is 0.214. The van der Waals surface area contributed by atoms with Crippen LogP contribution in [-0.4, -0.2) is 46.3 Å². The van der Waals surface area contributed by atoms with Crippen molar-refractivity contribution in [2.24, 2.45) is 11.3 Å². The number of fused-ring (bicyclic) bond motifs is 2. The van der Waals surface area contributed by atoms with E-state index >= 15 is 0 Å². The van der Waals surface area contributed by atoms with Crippen molar-refractivity contribution in [1.82, 2.24) is 23.9 Å². The molecule has 3 atom stereocenters. The summed E-state index contributed by atoms with van der Waals surface area (Å²) in [7, 11) is 0. The largest absolute Gasteiger partial charge is 0.390 e. The van der Waals surface area contributed by atoms with Gasteiger partial charge in [-0.1, -0.05) is 0 Å². The summed E-state index contributed by atoms with van der Waals surface area (Å²) >= 11 is 0. The lowest BCUT2D eigenvalue weighted by Crippen LogP contribution is -2.46.